The lowest BCUT2D eigenvalue weighted by Gasteiger charge is -2.15. The van der Waals surface area contributed by atoms with Gasteiger partial charge in [0, 0.05) is 24.4 Å². The van der Waals surface area contributed by atoms with Crippen molar-refractivity contribution in [3.8, 4) is 17.2 Å². The van der Waals surface area contributed by atoms with E-state index in [1.54, 1.807) is 12.4 Å². The van der Waals surface area contributed by atoms with E-state index < -0.39 is 0 Å². The molecule has 1 aromatic heterocycles. The number of phenols is 1. The Morgan fingerprint density at radius 2 is 1.81 bits per heavy atom. The zero-order valence-electron chi connectivity index (χ0n) is 15.5. The van der Waals surface area contributed by atoms with Gasteiger partial charge in [0.25, 0.3) is 0 Å². The van der Waals surface area contributed by atoms with Gasteiger partial charge in [0.2, 0.25) is 0 Å². The highest BCUT2D eigenvalue weighted by atomic mass is 16.5. The number of phenolic OH excluding ortho intramolecular Hbond substituents is 1. The molecule has 0 bridgehead atoms. The number of benzene rings is 1. The minimum absolute atomic E-state index is 0.213. The minimum atomic E-state index is 0.213. The number of pyridine rings is 1. The summed E-state index contributed by atoms with van der Waals surface area (Å²) < 4.78 is 11.4. The second-order valence-corrected chi connectivity index (χ2v) is 6.50. The van der Waals surface area contributed by atoms with E-state index in [2.05, 4.69) is 4.98 Å². The lowest BCUT2D eigenvalue weighted by Crippen LogP contribution is -2.05. The standard InChI is InChI=1S/C21H27NO4/c1-16(9-12-23)15-18-5-6-20(17(2)21(18)24)26-14-4-3-13-25-19-7-10-22-11-8-19/h5-8,10-12,16,24H,3-4,9,13-15H2,1-2H3. The molecular formula is C21H27NO4. The van der Waals surface area contributed by atoms with Crippen molar-refractivity contribution >= 4 is 6.29 Å². The smallest absolute Gasteiger partial charge is 0.125 e. The van der Waals surface area contributed by atoms with E-state index in [9.17, 15) is 9.90 Å². The number of hydrogen-bond donors (Lipinski definition) is 1. The highest BCUT2D eigenvalue weighted by molar-refractivity contribution is 5.51. The Balaban J connectivity index is 1.75. The van der Waals surface area contributed by atoms with Gasteiger partial charge in [-0.15, -0.1) is 0 Å². The van der Waals surface area contributed by atoms with E-state index in [-0.39, 0.29) is 11.7 Å². The largest absolute Gasteiger partial charge is 0.507 e. The van der Waals surface area contributed by atoms with Crippen LogP contribution in [0.25, 0.3) is 0 Å². The maximum atomic E-state index is 10.6. The fourth-order valence-electron chi connectivity index (χ4n) is 2.69. The summed E-state index contributed by atoms with van der Waals surface area (Å²) in [4.78, 5) is 14.5. The monoisotopic (exact) mass is 357 g/mol. The Bertz CT molecular complexity index is 688. The minimum Gasteiger partial charge on any atom is -0.507 e. The highest BCUT2D eigenvalue weighted by Gasteiger charge is 2.12. The van der Waals surface area contributed by atoms with Gasteiger partial charge in [-0.1, -0.05) is 13.0 Å². The maximum absolute atomic E-state index is 10.6. The van der Waals surface area contributed by atoms with Crippen molar-refractivity contribution < 1.29 is 19.4 Å². The van der Waals surface area contributed by atoms with Gasteiger partial charge in [-0.2, -0.15) is 0 Å². The molecule has 0 saturated heterocycles. The van der Waals surface area contributed by atoms with Crippen LogP contribution in [0.1, 0.15) is 37.3 Å². The molecule has 0 fully saturated rings. The number of carbonyl (C=O) groups is 1. The normalized spacial score (nSPS) is 11.8. The summed E-state index contributed by atoms with van der Waals surface area (Å²) in [6.45, 7) is 5.05. The highest BCUT2D eigenvalue weighted by Crippen LogP contribution is 2.32. The molecule has 0 spiro atoms. The van der Waals surface area contributed by atoms with Crippen molar-refractivity contribution in [3.05, 3.63) is 47.8 Å². The maximum Gasteiger partial charge on any atom is 0.125 e. The van der Waals surface area contributed by atoms with Crippen LogP contribution in [0.3, 0.4) is 0 Å². The number of aromatic nitrogens is 1. The number of aromatic hydroxyl groups is 1. The zero-order valence-corrected chi connectivity index (χ0v) is 15.5. The molecule has 0 aliphatic heterocycles. The second kappa shape index (κ2) is 10.4. The molecule has 1 heterocycles. The molecule has 1 aromatic carbocycles. The van der Waals surface area contributed by atoms with Gasteiger partial charge in [0.15, 0.2) is 0 Å². The van der Waals surface area contributed by atoms with Gasteiger partial charge in [-0.3, -0.25) is 4.98 Å². The van der Waals surface area contributed by atoms with Crippen LogP contribution in [-0.4, -0.2) is 29.6 Å². The molecule has 0 aliphatic carbocycles. The quantitative estimate of drug-likeness (QED) is 0.484. The first-order valence-electron chi connectivity index (χ1n) is 9.02. The molecule has 0 saturated carbocycles. The Morgan fingerprint density at radius 1 is 1.12 bits per heavy atom. The zero-order chi connectivity index (χ0) is 18.8. The molecule has 2 rings (SSSR count). The third-order valence-electron chi connectivity index (χ3n) is 4.25. The van der Waals surface area contributed by atoms with Gasteiger partial charge in [-0.05, 0) is 55.9 Å². The summed E-state index contributed by atoms with van der Waals surface area (Å²) >= 11 is 0. The van der Waals surface area contributed by atoms with Crippen molar-refractivity contribution in [1.29, 1.82) is 0 Å². The number of aldehydes is 1. The van der Waals surface area contributed by atoms with E-state index >= 15 is 0 Å². The average Bonchev–Trinajstić information content (AvgIpc) is 2.64. The number of ether oxygens (including phenoxy) is 2. The number of rotatable bonds is 11. The van der Waals surface area contributed by atoms with Crippen LogP contribution < -0.4 is 9.47 Å². The Kier molecular flexibility index (Phi) is 7.93. The van der Waals surface area contributed by atoms with Crippen LogP contribution in [-0.2, 0) is 11.2 Å². The molecule has 1 unspecified atom stereocenters. The fourth-order valence-corrected chi connectivity index (χ4v) is 2.69. The van der Waals surface area contributed by atoms with E-state index in [0.29, 0.717) is 31.8 Å². The molecule has 2 aromatic rings. The van der Waals surface area contributed by atoms with E-state index in [1.807, 2.05) is 38.1 Å². The van der Waals surface area contributed by atoms with Crippen molar-refractivity contribution in [1.82, 2.24) is 4.98 Å². The summed E-state index contributed by atoms with van der Waals surface area (Å²) in [5.41, 5.74) is 1.60. The molecule has 0 aliphatic rings. The van der Waals surface area contributed by atoms with Gasteiger partial charge in [0.05, 0.1) is 13.2 Å². The lowest BCUT2D eigenvalue weighted by molar-refractivity contribution is -0.108. The van der Waals surface area contributed by atoms with Gasteiger partial charge >= 0.3 is 0 Å². The summed E-state index contributed by atoms with van der Waals surface area (Å²) in [5, 5.41) is 10.4. The summed E-state index contributed by atoms with van der Waals surface area (Å²) in [6, 6.07) is 7.44. The summed E-state index contributed by atoms with van der Waals surface area (Å²) in [5.74, 6) is 2.00. The number of carbonyl (C=O) groups excluding carboxylic acids is 1. The molecule has 1 atom stereocenters. The van der Waals surface area contributed by atoms with Gasteiger partial charge in [-0.25, -0.2) is 0 Å². The van der Waals surface area contributed by atoms with Crippen molar-refractivity contribution in [2.45, 2.75) is 39.5 Å². The molecule has 5 nitrogen and oxygen atoms in total. The molecule has 5 heteroatoms. The first-order chi connectivity index (χ1) is 12.6. The fraction of sp³-hybridized carbons (Fsp3) is 0.429. The van der Waals surface area contributed by atoms with E-state index in [0.717, 1.165) is 36.0 Å². The Morgan fingerprint density at radius 3 is 2.50 bits per heavy atom. The molecule has 26 heavy (non-hydrogen) atoms. The van der Waals surface area contributed by atoms with Crippen LogP contribution >= 0.6 is 0 Å². The van der Waals surface area contributed by atoms with Gasteiger partial charge in [0.1, 0.15) is 23.5 Å². The lowest BCUT2D eigenvalue weighted by atomic mass is 9.96. The Hall–Kier alpha value is -2.56. The first-order valence-corrected chi connectivity index (χ1v) is 9.02. The second-order valence-electron chi connectivity index (χ2n) is 6.50. The Labute approximate surface area is 155 Å². The third-order valence-corrected chi connectivity index (χ3v) is 4.25. The molecule has 0 radical (unpaired) electrons. The topological polar surface area (TPSA) is 68.7 Å². The predicted octanol–water partition coefficient (Wildman–Crippen LogP) is 4.10. The number of nitrogens with zero attached hydrogens (tertiary/aromatic N) is 1. The molecule has 140 valence electrons. The molecular weight excluding hydrogens is 330 g/mol. The molecule has 1 N–H and O–H groups in total. The van der Waals surface area contributed by atoms with Crippen LogP contribution in [0.2, 0.25) is 0 Å². The predicted molar refractivity (Wildman–Crippen MR) is 101 cm³/mol. The summed E-state index contributed by atoms with van der Waals surface area (Å²) in [7, 11) is 0. The van der Waals surface area contributed by atoms with Crippen molar-refractivity contribution in [2.75, 3.05) is 13.2 Å². The summed E-state index contributed by atoms with van der Waals surface area (Å²) in [6.07, 6.45) is 7.26. The third kappa shape index (κ3) is 6.06. The van der Waals surface area contributed by atoms with Crippen LogP contribution in [0.15, 0.2) is 36.7 Å². The van der Waals surface area contributed by atoms with Crippen molar-refractivity contribution in [3.63, 3.8) is 0 Å². The molecule has 0 amide bonds. The number of hydrogen-bond acceptors (Lipinski definition) is 5. The van der Waals surface area contributed by atoms with E-state index in [1.165, 1.54) is 0 Å². The van der Waals surface area contributed by atoms with Crippen LogP contribution in [0.5, 0.6) is 17.2 Å². The van der Waals surface area contributed by atoms with Crippen molar-refractivity contribution in [2.24, 2.45) is 5.92 Å². The first kappa shape index (κ1) is 19.8. The van der Waals surface area contributed by atoms with E-state index in [4.69, 9.17) is 9.47 Å². The van der Waals surface area contributed by atoms with Crippen LogP contribution in [0.4, 0.5) is 0 Å². The average molecular weight is 357 g/mol. The SMILES string of the molecule is Cc1c(OCCCCOc2ccncc2)ccc(CC(C)CC=O)c1O. The number of unbranched alkanes of at least 4 members (excludes halogenated alkanes) is 1. The van der Waals surface area contributed by atoms with Gasteiger partial charge < -0.3 is 19.4 Å². The van der Waals surface area contributed by atoms with Crippen LogP contribution in [0, 0.1) is 12.8 Å².